The second-order valence-corrected chi connectivity index (χ2v) is 4.88. The number of aryl methyl sites for hydroxylation is 1. The second kappa shape index (κ2) is 8.09. The van der Waals surface area contributed by atoms with Gasteiger partial charge in [-0.05, 0) is 37.8 Å². The van der Waals surface area contributed by atoms with E-state index in [9.17, 15) is 4.79 Å². The number of nitrogens with zero attached hydrogens (tertiary/aromatic N) is 1. The molecule has 1 aromatic rings. The first-order valence-electron chi connectivity index (χ1n) is 6.45. The highest BCUT2D eigenvalue weighted by Gasteiger charge is 2.11. The van der Waals surface area contributed by atoms with E-state index in [1.807, 2.05) is 19.1 Å². The maximum absolute atomic E-state index is 11.9. The van der Waals surface area contributed by atoms with Gasteiger partial charge in [-0.15, -0.1) is 11.6 Å². The van der Waals surface area contributed by atoms with Crippen LogP contribution < -0.4 is 5.32 Å². The van der Waals surface area contributed by atoms with Crippen LogP contribution in [0.4, 0.5) is 0 Å². The van der Waals surface area contributed by atoms with Gasteiger partial charge in [-0.3, -0.25) is 4.79 Å². The molecule has 1 unspecified atom stereocenters. The number of alkyl halides is 1. The Morgan fingerprint density at radius 1 is 1.44 bits per heavy atom. The number of rotatable bonds is 7. The molecule has 0 fully saturated rings. The van der Waals surface area contributed by atoms with E-state index in [0.717, 1.165) is 25.0 Å². The number of aromatic nitrogens is 1. The molecule has 1 atom stereocenters. The average molecular weight is 269 g/mol. The topological polar surface area (TPSA) is 42.0 Å². The first-order valence-corrected chi connectivity index (χ1v) is 6.98. The average Bonchev–Trinajstić information content (AvgIpc) is 2.36. The number of amides is 1. The van der Waals surface area contributed by atoms with Crippen molar-refractivity contribution in [3.05, 3.63) is 29.6 Å². The van der Waals surface area contributed by atoms with Crippen molar-refractivity contribution >= 4 is 17.5 Å². The van der Waals surface area contributed by atoms with Gasteiger partial charge in [0.25, 0.3) is 5.91 Å². The minimum atomic E-state index is -0.102. The van der Waals surface area contributed by atoms with Crippen molar-refractivity contribution in [2.24, 2.45) is 5.92 Å². The van der Waals surface area contributed by atoms with Crippen molar-refractivity contribution in [1.29, 1.82) is 0 Å². The van der Waals surface area contributed by atoms with Gasteiger partial charge >= 0.3 is 0 Å². The summed E-state index contributed by atoms with van der Waals surface area (Å²) in [5.74, 6) is 0.999. The van der Waals surface area contributed by atoms with Gasteiger partial charge in [0.15, 0.2) is 0 Å². The lowest BCUT2D eigenvalue weighted by molar-refractivity contribution is 0.0940. The normalized spacial score (nSPS) is 12.2. The van der Waals surface area contributed by atoms with Crippen LogP contribution in [0.3, 0.4) is 0 Å². The molecule has 0 saturated carbocycles. The van der Waals surface area contributed by atoms with Gasteiger partial charge in [0.05, 0.1) is 0 Å². The lowest BCUT2D eigenvalue weighted by Crippen LogP contribution is -2.30. The van der Waals surface area contributed by atoms with Crippen molar-refractivity contribution in [3.63, 3.8) is 0 Å². The van der Waals surface area contributed by atoms with Gasteiger partial charge in [0.2, 0.25) is 0 Å². The van der Waals surface area contributed by atoms with E-state index in [2.05, 4.69) is 17.2 Å². The first kappa shape index (κ1) is 15.0. The molecule has 1 amide bonds. The van der Waals surface area contributed by atoms with Gasteiger partial charge in [-0.2, -0.15) is 0 Å². The maximum Gasteiger partial charge on any atom is 0.269 e. The lowest BCUT2D eigenvalue weighted by atomic mass is 10.0. The van der Waals surface area contributed by atoms with Crippen molar-refractivity contribution in [1.82, 2.24) is 10.3 Å². The van der Waals surface area contributed by atoms with Gasteiger partial charge in [-0.25, -0.2) is 4.98 Å². The molecule has 1 N–H and O–H groups in total. The summed E-state index contributed by atoms with van der Waals surface area (Å²) in [6.07, 6.45) is 3.14. The number of halogens is 1. The molecule has 0 aromatic carbocycles. The van der Waals surface area contributed by atoms with Crippen LogP contribution in [0, 0.1) is 12.8 Å². The van der Waals surface area contributed by atoms with Crippen LogP contribution in [0.5, 0.6) is 0 Å². The van der Waals surface area contributed by atoms with E-state index in [0.29, 0.717) is 24.0 Å². The number of carbonyl (C=O) groups excluding carboxylic acids is 1. The Balaban J connectivity index is 2.49. The number of hydrogen-bond donors (Lipinski definition) is 1. The fourth-order valence-electron chi connectivity index (χ4n) is 1.91. The van der Waals surface area contributed by atoms with Crippen LogP contribution in [0.2, 0.25) is 0 Å². The highest BCUT2D eigenvalue weighted by Crippen LogP contribution is 2.11. The molecular formula is C14H21ClN2O. The van der Waals surface area contributed by atoms with Crippen LogP contribution in [0.25, 0.3) is 0 Å². The Hall–Kier alpha value is -1.09. The fourth-order valence-corrected chi connectivity index (χ4v) is 2.22. The molecule has 0 saturated heterocycles. The minimum Gasteiger partial charge on any atom is -0.350 e. The molecule has 3 nitrogen and oxygen atoms in total. The molecule has 0 bridgehead atoms. The summed E-state index contributed by atoms with van der Waals surface area (Å²) in [4.78, 5) is 16.1. The standard InChI is InChI=1S/C14H21ClN2O/c1-3-5-12(8-9-15)10-16-14(18)13-7-4-6-11(2)17-13/h4,6-7,12H,3,5,8-10H2,1-2H3,(H,16,18). The third-order valence-corrected chi connectivity index (χ3v) is 3.10. The smallest absolute Gasteiger partial charge is 0.269 e. The summed E-state index contributed by atoms with van der Waals surface area (Å²) in [6.45, 7) is 4.70. The van der Waals surface area contributed by atoms with Gasteiger partial charge in [0.1, 0.15) is 5.69 Å². The zero-order valence-electron chi connectivity index (χ0n) is 11.1. The molecule has 0 aliphatic rings. The highest BCUT2D eigenvalue weighted by atomic mass is 35.5. The molecule has 0 spiro atoms. The molecule has 1 aromatic heterocycles. The van der Waals surface area contributed by atoms with Crippen LogP contribution >= 0.6 is 11.6 Å². The maximum atomic E-state index is 11.9. The molecule has 4 heteroatoms. The third kappa shape index (κ3) is 5.05. The Bertz CT molecular complexity index is 376. The summed E-state index contributed by atoms with van der Waals surface area (Å²) >= 11 is 5.76. The highest BCUT2D eigenvalue weighted by molar-refractivity contribution is 6.17. The first-order chi connectivity index (χ1) is 8.67. The Kier molecular flexibility index (Phi) is 6.73. The minimum absolute atomic E-state index is 0.102. The van der Waals surface area contributed by atoms with Crippen LogP contribution in [0.15, 0.2) is 18.2 Å². The Labute approximate surface area is 114 Å². The molecular weight excluding hydrogens is 248 g/mol. The van der Waals surface area contributed by atoms with Crippen molar-refractivity contribution in [3.8, 4) is 0 Å². The number of hydrogen-bond acceptors (Lipinski definition) is 2. The molecule has 0 radical (unpaired) electrons. The van der Waals surface area contributed by atoms with E-state index in [-0.39, 0.29) is 5.91 Å². The predicted molar refractivity (Wildman–Crippen MR) is 75.0 cm³/mol. The Morgan fingerprint density at radius 2 is 2.22 bits per heavy atom. The van der Waals surface area contributed by atoms with Crippen LogP contribution in [0.1, 0.15) is 42.4 Å². The van der Waals surface area contributed by atoms with E-state index in [4.69, 9.17) is 11.6 Å². The van der Waals surface area contributed by atoms with Crippen molar-refractivity contribution in [2.75, 3.05) is 12.4 Å². The van der Waals surface area contributed by atoms with E-state index >= 15 is 0 Å². The Morgan fingerprint density at radius 3 is 2.83 bits per heavy atom. The largest absolute Gasteiger partial charge is 0.350 e. The van der Waals surface area contributed by atoms with Crippen LogP contribution in [-0.4, -0.2) is 23.3 Å². The fraction of sp³-hybridized carbons (Fsp3) is 0.571. The molecule has 100 valence electrons. The van der Waals surface area contributed by atoms with Crippen LogP contribution in [-0.2, 0) is 0 Å². The van der Waals surface area contributed by atoms with Gasteiger partial charge in [0, 0.05) is 18.1 Å². The monoisotopic (exact) mass is 268 g/mol. The van der Waals surface area contributed by atoms with E-state index in [1.54, 1.807) is 6.07 Å². The second-order valence-electron chi connectivity index (χ2n) is 4.51. The van der Waals surface area contributed by atoms with Crippen molar-refractivity contribution in [2.45, 2.75) is 33.1 Å². The number of pyridine rings is 1. The SMILES string of the molecule is CCCC(CCCl)CNC(=O)c1cccc(C)n1. The van der Waals surface area contributed by atoms with Crippen molar-refractivity contribution < 1.29 is 4.79 Å². The van der Waals surface area contributed by atoms with Gasteiger partial charge in [-0.1, -0.05) is 19.4 Å². The zero-order valence-corrected chi connectivity index (χ0v) is 11.8. The summed E-state index contributed by atoms with van der Waals surface area (Å²) in [5.41, 5.74) is 1.34. The lowest BCUT2D eigenvalue weighted by Gasteiger charge is -2.15. The zero-order chi connectivity index (χ0) is 13.4. The summed E-state index contributed by atoms with van der Waals surface area (Å²) < 4.78 is 0. The molecule has 18 heavy (non-hydrogen) atoms. The van der Waals surface area contributed by atoms with E-state index in [1.165, 1.54) is 0 Å². The summed E-state index contributed by atoms with van der Waals surface area (Å²) in [6, 6.07) is 5.46. The third-order valence-electron chi connectivity index (χ3n) is 2.89. The molecule has 1 heterocycles. The van der Waals surface area contributed by atoms with E-state index < -0.39 is 0 Å². The molecule has 0 aliphatic heterocycles. The summed E-state index contributed by atoms with van der Waals surface area (Å²) in [5, 5.41) is 2.94. The van der Waals surface area contributed by atoms with Gasteiger partial charge < -0.3 is 5.32 Å². The number of nitrogens with one attached hydrogen (secondary N) is 1. The predicted octanol–water partition coefficient (Wildman–Crippen LogP) is 3.17. The quantitative estimate of drug-likeness (QED) is 0.772. The summed E-state index contributed by atoms with van der Waals surface area (Å²) in [7, 11) is 0. The molecule has 1 rings (SSSR count). The number of carbonyl (C=O) groups is 1. The molecule has 0 aliphatic carbocycles.